The van der Waals surface area contributed by atoms with Gasteiger partial charge in [0.1, 0.15) is 0 Å². The minimum Gasteiger partial charge on any atom is -0.469 e. The number of carbonyl (C=O) groups excluding carboxylic acids is 1. The van der Waals surface area contributed by atoms with Gasteiger partial charge in [-0.15, -0.1) is 11.6 Å². The molecular formula is C12H22ClNO2. The Kier molecular flexibility index (Phi) is 6.81. The van der Waals surface area contributed by atoms with Gasteiger partial charge in [-0.2, -0.15) is 0 Å². The summed E-state index contributed by atoms with van der Waals surface area (Å²) in [5.74, 6) is 0.623. The summed E-state index contributed by atoms with van der Waals surface area (Å²) < 4.78 is 4.60. The molecule has 1 aliphatic rings. The Balaban J connectivity index is 1.98. The fraction of sp³-hybridized carbons (Fsp3) is 0.917. The second-order valence-electron chi connectivity index (χ2n) is 4.34. The number of alkyl halides is 1. The number of unbranched alkanes of at least 4 members (excludes halogenated alkanes) is 2. The summed E-state index contributed by atoms with van der Waals surface area (Å²) in [6, 6.07) is 0.791. The van der Waals surface area contributed by atoms with Crippen LogP contribution in [0.2, 0.25) is 0 Å². The summed E-state index contributed by atoms with van der Waals surface area (Å²) in [4.78, 5) is 13.4. The van der Waals surface area contributed by atoms with Crippen LogP contribution in [-0.2, 0) is 9.53 Å². The molecule has 0 bridgehead atoms. The zero-order valence-corrected chi connectivity index (χ0v) is 10.8. The van der Waals surface area contributed by atoms with Gasteiger partial charge in [-0.3, -0.25) is 9.69 Å². The predicted octanol–water partition coefficient (Wildman–Crippen LogP) is 2.42. The first-order valence-electron chi connectivity index (χ1n) is 6.14. The lowest BCUT2D eigenvalue weighted by Gasteiger charge is -2.20. The van der Waals surface area contributed by atoms with E-state index >= 15 is 0 Å². The van der Waals surface area contributed by atoms with Crippen molar-refractivity contribution in [1.82, 2.24) is 4.90 Å². The zero-order valence-electron chi connectivity index (χ0n) is 10.1. The Morgan fingerprint density at radius 1 is 1.31 bits per heavy atom. The summed E-state index contributed by atoms with van der Waals surface area (Å²) in [5.41, 5.74) is 0. The standard InChI is InChI=1S/C12H22ClNO2/c1-16-12(15)5-3-2-4-9-14(10-8-13)11-6-7-11/h11H,2-10H2,1H3. The molecule has 4 heteroatoms. The van der Waals surface area contributed by atoms with Gasteiger partial charge in [-0.05, 0) is 32.2 Å². The van der Waals surface area contributed by atoms with E-state index in [2.05, 4.69) is 9.64 Å². The van der Waals surface area contributed by atoms with E-state index < -0.39 is 0 Å². The average molecular weight is 248 g/mol. The lowest BCUT2D eigenvalue weighted by molar-refractivity contribution is -0.140. The number of halogens is 1. The number of nitrogens with zero attached hydrogens (tertiary/aromatic N) is 1. The maximum atomic E-state index is 10.9. The molecule has 0 spiro atoms. The summed E-state index contributed by atoms with van der Waals surface area (Å²) >= 11 is 5.77. The van der Waals surface area contributed by atoms with E-state index in [1.807, 2.05) is 0 Å². The van der Waals surface area contributed by atoms with Crippen LogP contribution in [0.3, 0.4) is 0 Å². The van der Waals surface area contributed by atoms with Crippen molar-refractivity contribution >= 4 is 17.6 Å². The maximum Gasteiger partial charge on any atom is 0.305 e. The smallest absolute Gasteiger partial charge is 0.305 e. The average Bonchev–Trinajstić information content (AvgIpc) is 3.10. The van der Waals surface area contributed by atoms with Gasteiger partial charge in [0.15, 0.2) is 0 Å². The van der Waals surface area contributed by atoms with Crippen LogP contribution in [0.15, 0.2) is 0 Å². The van der Waals surface area contributed by atoms with Crippen molar-refractivity contribution in [2.45, 2.75) is 44.6 Å². The highest BCUT2D eigenvalue weighted by Crippen LogP contribution is 2.26. The topological polar surface area (TPSA) is 29.5 Å². The quantitative estimate of drug-likeness (QED) is 0.356. The van der Waals surface area contributed by atoms with Crippen LogP contribution in [0.5, 0.6) is 0 Å². The third-order valence-electron chi connectivity index (χ3n) is 2.99. The molecule has 1 aliphatic carbocycles. The molecule has 0 unspecified atom stereocenters. The second-order valence-corrected chi connectivity index (χ2v) is 4.72. The molecule has 0 heterocycles. The Labute approximate surface area is 103 Å². The summed E-state index contributed by atoms with van der Waals surface area (Å²) in [7, 11) is 1.44. The zero-order chi connectivity index (χ0) is 11.8. The lowest BCUT2D eigenvalue weighted by Crippen LogP contribution is -2.29. The number of hydrogen-bond acceptors (Lipinski definition) is 3. The maximum absolute atomic E-state index is 10.9. The molecule has 0 atom stereocenters. The fourth-order valence-electron chi connectivity index (χ4n) is 1.89. The molecular weight excluding hydrogens is 226 g/mol. The van der Waals surface area contributed by atoms with Crippen LogP contribution >= 0.6 is 11.6 Å². The van der Waals surface area contributed by atoms with Crippen molar-refractivity contribution in [2.75, 3.05) is 26.1 Å². The normalized spacial score (nSPS) is 15.4. The largest absolute Gasteiger partial charge is 0.469 e. The first-order chi connectivity index (χ1) is 7.77. The van der Waals surface area contributed by atoms with E-state index in [0.717, 1.165) is 44.3 Å². The van der Waals surface area contributed by atoms with Crippen molar-refractivity contribution in [3.63, 3.8) is 0 Å². The summed E-state index contributed by atoms with van der Waals surface area (Å²) in [6.45, 7) is 2.13. The van der Waals surface area contributed by atoms with Gasteiger partial charge in [0.25, 0.3) is 0 Å². The number of carbonyl (C=O) groups is 1. The highest BCUT2D eigenvalue weighted by molar-refractivity contribution is 6.18. The Hall–Kier alpha value is -0.280. The number of esters is 1. The van der Waals surface area contributed by atoms with Gasteiger partial charge in [0.05, 0.1) is 7.11 Å². The molecule has 3 nitrogen and oxygen atoms in total. The van der Waals surface area contributed by atoms with Crippen LogP contribution in [-0.4, -0.2) is 43.0 Å². The first-order valence-corrected chi connectivity index (χ1v) is 6.68. The van der Waals surface area contributed by atoms with E-state index in [9.17, 15) is 4.79 Å². The van der Waals surface area contributed by atoms with Crippen LogP contribution in [0.1, 0.15) is 38.5 Å². The van der Waals surface area contributed by atoms with Gasteiger partial charge in [-0.1, -0.05) is 6.42 Å². The van der Waals surface area contributed by atoms with E-state index in [-0.39, 0.29) is 5.97 Å². The SMILES string of the molecule is COC(=O)CCCCCN(CCCl)C1CC1. The van der Waals surface area contributed by atoms with Crippen molar-refractivity contribution in [3.05, 3.63) is 0 Å². The number of hydrogen-bond donors (Lipinski definition) is 0. The highest BCUT2D eigenvalue weighted by Gasteiger charge is 2.27. The molecule has 0 aromatic heterocycles. The second kappa shape index (κ2) is 7.91. The van der Waals surface area contributed by atoms with Crippen molar-refractivity contribution < 1.29 is 9.53 Å². The minimum absolute atomic E-state index is 0.0974. The molecule has 0 amide bonds. The third-order valence-corrected chi connectivity index (χ3v) is 3.16. The fourth-order valence-corrected chi connectivity index (χ4v) is 2.11. The Bertz CT molecular complexity index is 207. The number of methoxy groups -OCH3 is 1. The molecule has 0 aliphatic heterocycles. The van der Waals surface area contributed by atoms with E-state index in [1.165, 1.54) is 20.0 Å². The lowest BCUT2D eigenvalue weighted by atomic mass is 10.2. The molecule has 1 rings (SSSR count). The highest BCUT2D eigenvalue weighted by atomic mass is 35.5. The number of ether oxygens (including phenoxy) is 1. The molecule has 0 aromatic rings. The number of rotatable bonds is 9. The minimum atomic E-state index is -0.0974. The van der Waals surface area contributed by atoms with Gasteiger partial charge in [0.2, 0.25) is 0 Å². The van der Waals surface area contributed by atoms with E-state index in [4.69, 9.17) is 11.6 Å². The van der Waals surface area contributed by atoms with Gasteiger partial charge >= 0.3 is 5.97 Å². The van der Waals surface area contributed by atoms with Crippen LogP contribution in [0.25, 0.3) is 0 Å². The van der Waals surface area contributed by atoms with Crippen molar-refractivity contribution in [3.8, 4) is 0 Å². The van der Waals surface area contributed by atoms with Gasteiger partial charge in [0, 0.05) is 24.9 Å². The van der Waals surface area contributed by atoms with Gasteiger partial charge in [-0.25, -0.2) is 0 Å². The molecule has 94 valence electrons. The van der Waals surface area contributed by atoms with Crippen LogP contribution in [0.4, 0.5) is 0 Å². The first kappa shape index (κ1) is 13.8. The molecule has 0 radical (unpaired) electrons. The van der Waals surface area contributed by atoms with E-state index in [0.29, 0.717) is 6.42 Å². The van der Waals surface area contributed by atoms with Crippen LogP contribution < -0.4 is 0 Å². The van der Waals surface area contributed by atoms with Crippen molar-refractivity contribution in [2.24, 2.45) is 0 Å². The monoisotopic (exact) mass is 247 g/mol. The summed E-state index contributed by atoms with van der Waals surface area (Å²) in [6.07, 6.45) is 6.41. The molecule has 1 fully saturated rings. The molecule has 0 aromatic carbocycles. The van der Waals surface area contributed by atoms with E-state index in [1.54, 1.807) is 0 Å². The van der Waals surface area contributed by atoms with Crippen molar-refractivity contribution in [1.29, 1.82) is 0 Å². The molecule has 16 heavy (non-hydrogen) atoms. The predicted molar refractivity (Wildman–Crippen MR) is 65.8 cm³/mol. The third kappa shape index (κ3) is 5.71. The van der Waals surface area contributed by atoms with Crippen LogP contribution in [0, 0.1) is 0 Å². The molecule has 0 N–H and O–H groups in total. The molecule has 0 saturated heterocycles. The Morgan fingerprint density at radius 2 is 2.06 bits per heavy atom. The molecule has 1 saturated carbocycles. The Morgan fingerprint density at radius 3 is 2.62 bits per heavy atom. The van der Waals surface area contributed by atoms with Gasteiger partial charge < -0.3 is 4.74 Å². The summed E-state index contributed by atoms with van der Waals surface area (Å²) in [5, 5.41) is 0.